The molecule has 1 N–H and O–H groups in total. The maximum Gasteiger partial charge on any atom is 0.297 e. The van der Waals surface area contributed by atoms with Crippen LogP contribution in [0.5, 0.6) is 0 Å². The van der Waals surface area contributed by atoms with Gasteiger partial charge < -0.3 is 19.3 Å². The van der Waals surface area contributed by atoms with E-state index in [1.54, 1.807) is 0 Å². The summed E-state index contributed by atoms with van der Waals surface area (Å²) in [6, 6.07) is 32.2. The van der Waals surface area contributed by atoms with Gasteiger partial charge in [-0.3, -0.25) is 14.3 Å². The quantitative estimate of drug-likeness (QED) is 0.0896. The van der Waals surface area contributed by atoms with Crippen molar-refractivity contribution in [1.82, 2.24) is 0 Å². The van der Waals surface area contributed by atoms with E-state index in [0.29, 0.717) is 0 Å². The first-order chi connectivity index (χ1) is 21.7. The zero-order valence-electron chi connectivity index (χ0n) is 24.3. The molecule has 11 heteroatoms. The van der Waals surface area contributed by atoms with Gasteiger partial charge in [0.1, 0.15) is 30.5 Å². The predicted octanol–water partition coefficient (Wildman–Crippen LogP) is 5.36. The van der Waals surface area contributed by atoms with Gasteiger partial charge in [0.25, 0.3) is 15.8 Å². The monoisotopic (exact) mass is 631 g/mol. The van der Waals surface area contributed by atoms with Crippen molar-refractivity contribution in [2.75, 3.05) is 0 Å². The van der Waals surface area contributed by atoms with E-state index in [1.165, 1.54) is 0 Å². The van der Waals surface area contributed by atoms with Gasteiger partial charge in [0.15, 0.2) is 0 Å². The highest BCUT2D eigenvalue weighted by atomic mass is 32.2. The minimum absolute atomic E-state index is 0.0310. The number of hydrogen-bond acceptors (Lipinski definition) is 9. The molecule has 0 amide bonds. The summed E-state index contributed by atoms with van der Waals surface area (Å²) < 4.78 is 51.6. The van der Waals surface area contributed by atoms with Gasteiger partial charge in [0.05, 0.1) is 29.6 Å². The molecule has 0 heterocycles. The number of nitro benzene ring substituents is 1. The summed E-state index contributed by atoms with van der Waals surface area (Å²) in [4.78, 5) is 10.2. The molecule has 0 aromatic heterocycles. The lowest BCUT2D eigenvalue weighted by Crippen LogP contribution is -2.60. The largest absolute Gasteiger partial charge is 0.387 e. The second kappa shape index (κ2) is 14.7. The van der Waals surface area contributed by atoms with Gasteiger partial charge >= 0.3 is 0 Å². The highest BCUT2D eigenvalue weighted by molar-refractivity contribution is 7.86. The molecule has 4 aromatic carbocycles. The van der Waals surface area contributed by atoms with Crippen molar-refractivity contribution in [2.24, 2.45) is 0 Å². The van der Waals surface area contributed by atoms with Crippen molar-refractivity contribution >= 4 is 15.8 Å². The van der Waals surface area contributed by atoms with Crippen LogP contribution in [0.25, 0.3) is 0 Å². The molecule has 5 atom stereocenters. The van der Waals surface area contributed by atoms with Crippen molar-refractivity contribution in [3.63, 3.8) is 0 Å². The van der Waals surface area contributed by atoms with E-state index in [9.17, 15) is 23.6 Å². The van der Waals surface area contributed by atoms with Crippen LogP contribution < -0.4 is 0 Å². The van der Waals surface area contributed by atoms with Crippen LogP contribution in [0, 0.1) is 10.1 Å². The van der Waals surface area contributed by atoms with Crippen LogP contribution in [0.15, 0.2) is 132 Å². The maximum absolute atomic E-state index is 13.6. The minimum Gasteiger partial charge on any atom is -0.387 e. The topological polar surface area (TPSA) is 134 Å². The summed E-state index contributed by atoms with van der Waals surface area (Å²) in [5, 5.41) is 22.8. The fraction of sp³-hybridized carbons (Fsp3) is 0.235. The molecule has 0 aliphatic heterocycles. The second-order valence-electron chi connectivity index (χ2n) is 10.5. The van der Waals surface area contributed by atoms with Crippen LogP contribution in [0.2, 0.25) is 0 Å². The number of hydrogen-bond donors (Lipinski definition) is 1. The summed E-state index contributed by atoms with van der Waals surface area (Å²) in [7, 11) is -4.53. The van der Waals surface area contributed by atoms with Crippen molar-refractivity contribution in [1.29, 1.82) is 0 Å². The summed E-state index contributed by atoms with van der Waals surface area (Å²) >= 11 is 0. The van der Waals surface area contributed by atoms with Crippen LogP contribution >= 0.6 is 0 Å². The summed E-state index contributed by atoms with van der Waals surface area (Å²) in [5.74, 6) is 0. The first-order valence-electron chi connectivity index (χ1n) is 14.2. The highest BCUT2D eigenvalue weighted by Crippen LogP contribution is 2.36. The van der Waals surface area contributed by atoms with E-state index in [0.717, 1.165) is 41.0 Å². The lowest BCUT2D eigenvalue weighted by molar-refractivity contribution is -0.384. The smallest absolute Gasteiger partial charge is 0.297 e. The van der Waals surface area contributed by atoms with Crippen LogP contribution in [-0.4, -0.2) is 49.0 Å². The minimum atomic E-state index is -4.53. The van der Waals surface area contributed by atoms with Crippen LogP contribution in [-0.2, 0) is 48.3 Å². The Morgan fingerprint density at radius 1 is 0.667 bits per heavy atom. The molecule has 1 aliphatic carbocycles. The number of rotatable bonds is 13. The van der Waals surface area contributed by atoms with Gasteiger partial charge in [-0.05, 0) is 34.4 Å². The fourth-order valence-electron chi connectivity index (χ4n) is 5.06. The number of benzene rings is 4. The van der Waals surface area contributed by atoms with Crippen molar-refractivity contribution in [3.8, 4) is 0 Å². The average Bonchev–Trinajstić information content (AvgIpc) is 3.05. The number of aliphatic hydroxyl groups is 1. The Kier molecular flexibility index (Phi) is 10.5. The first-order valence-corrected chi connectivity index (χ1v) is 15.6. The SMILES string of the molecule is C=C1C(OCc2ccccc2)C(O)C(OCc2ccccc2)C(OS(=O)(=O)c2ccc([N+](=O)[O-])cc2)C1OCc1ccccc1. The molecule has 1 aliphatic rings. The van der Waals surface area contributed by atoms with E-state index in [2.05, 4.69) is 6.58 Å². The molecule has 0 saturated heterocycles. The standard InChI is InChI=1S/C34H33NO9S/c1-24-31(41-21-25-11-5-2-6-12-25)30(36)33(43-23-27-15-9-4-10-16-27)34(32(24)42-22-26-13-7-3-8-14-26)44-45(39,40)29-19-17-28(18-20-29)35(37)38/h2-20,30-34,36H,1,21-23H2. The molecular formula is C34H33NO9S. The molecule has 1 fully saturated rings. The van der Waals surface area contributed by atoms with E-state index < -0.39 is 45.6 Å². The average molecular weight is 632 g/mol. The number of nitro groups is 1. The Labute approximate surface area is 261 Å². The summed E-state index contributed by atoms with van der Waals surface area (Å²) in [5.41, 5.74) is 2.46. The third-order valence-corrected chi connectivity index (χ3v) is 8.73. The Bertz CT molecular complexity index is 1670. The summed E-state index contributed by atoms with van der Waals surface area (Å²) in [6.07, 6.45) is -6.11. The van der Waals surface area contributed by atoms with E-state index in [1.807, 2.05) is 91.0 Å². The van der Waals surface area contributed by atoms with E-state index in [4.69, 9.17) is 18.4 Å². The molecule has 0 radical (unpaired) electrons. The van der Waals surface area contributed by atoms with Gasteiger partial charge in [0, 0.05) is 12.1 Å². The fourth-order valence-corrected chi connectivity index (χ4v) is 6.14. The Balaban J connectivity index is 1.49. The van der Waals surface area contributed by atoms with Gasteiger partial charge in [-0.15, -0.1) is 0 Å². The molecule has 234 valence electrons. The molecule has 5 rings (SSSR count). The Morgan fingerprint density at radius 2 is 1.11 bits per heavy atom. The van der Waals surface area contributed by atoms with Crippen molar-refractivity contribution < 1.29 is 36.8 Å². The molecule has 10 nitrogen and oxygen atoms in total. The van der Waals surface area contributed by atoms with Crippen LogP contribution in [0.3, 0.4) is 0 Å². The lowest BCUT2D eigenvalue weighted by Gasteiger charge is -2.45. The molecule has 0 spiro atoms. The molecule has 0 bridgehead atoms. The molecule has 4 aromatic rings. The third kappa shape index (κ3) is 8.08. The molecular weight excluding hydrogens is 598 g/mol. The predicted molar refractivity (Wildman–Crippen MR) is 165 cm³/mol. The molecule has 5 unspecified atom stereocenters. The van der Waals surface area contributed by atoms with Gasteiger partial charge in [0.2, 0.25) is 0 Å². The van der Waals surface area contributed by atoms with Gasteiger partial charge in [-0.2, -0.15) is 8.42 Å². The Morgan fingerprint density at radius 3 is 1.58 bits per heavy atom. The number of non-ortho nitro benzene ring substituents is 1. The highest BCUT2D eigenvalue weighted by Gasteiger charge is 2.51. The third-order valence-electron chi connectivity index (χ3n) is 7.40. The summed E-state index contributed by atoms with van der Waals surface area (Å²) in [6.45, 7) is 4.43. The second-order valence-corrected chi connectivity index (χ2v) is 12.1. The van der Waals surface area contributed by atoms with E-state index in [-0.39, 0.29) is 36.0 Å². The van der Waals surface area contributed by atoms with Crippen LogP contribution in [0.1, 0.15) is 16.7 Å². The normalized spacial score (nSPS) is 21.8. The maximum atomic E-state index is 13.6. The van der Waals surface area contributed by atoms with Crippen molar-refractivity contribution in [3.05, 3.63) is 154 Å². The van der Waals surface area contributed by atoms with Crippen molar-refractivity contribution in [2.45, 2.75) is 55.2 Å². The van der Waals surface area contributed by atoms with Gasteiger partial charge in [-0.25, -0.2) is 0 Å². The zero-order chi connectivity index (χ0) is 31.8. The number of ether oxygens (including phenoxy) is 3. The van der Waals surface area contributed by atoms with Gasteiger partial charge in [-0.1, -0.05) is 97.6 Å². The number of aliphatic hydroxyl groups excluding tert-OH is 1. The van der Waals surface area contributed by atoms with Crippen LogP contribution in [0.4, 0.5) is 5.69 Å². The Hall–Kier alpha value is -4.23. The molecule has 1 saturated carbocycles. The molecule has 45 heavy (non-hydrogen) atoms. The first kappa shape index (κ1) is 32.2. The number of nitrogens with zero attached hydrogens (tertiary/aromatic N) is 1. The zero-order valence-corrected chi connectivity index (χ0v) is 25.1. The lowest BCUT2D eigenvalue weighted by atomic mass is 9.83. The van der Waals surface area contributed by atoms with E-state index >= 15 is 0 Å².